The van der Waals surface area contributed by atoms with E-state index in [-0.39, 0.29) is 29.6 Å². The van der Waals surface area contributed by atoms with Gasteiger partial charge in [-0.1, -0.05) is 0 Å². The predicted octanol–water partition coefficient (Wildman–Crippen LogP) is 1.53. The number of anilines is 1. The molecule has 0 aliphatic heterocycles. The van der Waals surface area contributed by atoms with Gasteiger partial charge >= 0.3 is 5.69 Å². The van der Waals surface area contributed by atoms with Crippen LogP contribution in [0.15, 0.2) is 36.7 Å². The van der Waals surface area contributed by atoms with E-state index in [4.69, 9.17) is 10.5 Å². The first-order valence-electron chi connectivity index (χ1n) is 8.57. The molecule has 0 saturated carbocycles. The second-order valence-electron chi connectivity index (χ2n) is 5.95. The SMILES string of the molecule is CCn1cc(NC(=O)c2ccn(COc3cc(F)ccc3[N+](=O)[O-])n2)c(C(N)=O)n1. The lowest BCUT2D eigenvalue weighted by atomic mass is 10.3. The number of hydrogen-bond acceptors (Lipinski definition) is 7. The van der Waals surface area contributed by atoms with Crippen molar-refractivity contribution in [3.8, 4) is 5.75 Å². The summed E-state index contributed by atoms with van der Waals surface area (Å²) in [4.78, 5) is 34.2. The van der Waals surface area contributed by atoms with Crippen LogP contribution in [0, 0.1) is 15.9 Å². The normalized spacial score (nSPS) is 10.6. The van der Waals surface area contributed by atoms with E-state index in [1.54, 1.807) is 6.92 Å². The predicted molar refractivity (Wildman–Crippen MR) is 100 cm³/mol. The Hall–Kier alpha value is -4.29. The number of carbonyl (C=O) groups is 2. The number of benzene rings is 1. The van der Waals surface area contributed by atoms with Crippen LogP contribution >= 0.6 is 0 Å². The number of aryl methyl sites for hydroxylation is 1. The Morgan fingerprint density at radius 3 is 2.73 bits per heavy atom. The Kier molecular flexibility index (Phi) is 5.71. The molecular formula is C17H16FN7O5. The van der Waals surface area contributed by atoms with Gasteiger partial charge in [-0.05, 0) is 19.1 Å². The standard InChI is InChI=1S/C17H16FN7O5/c1-2-23-8-12(15(22-23)16(19)26)20-17(27)11-5-6-24(21-11)9-30-14-7-10(18)3-4-13(14)25(28)29/h3-8H,2,9H2,1H3,(H2,19,26)(H,20,27). The highest BCUT2D eigenvalue weighted by molar-refractivity contribution is 6.06. The molecular weight excluding hydrogens is 401 g/mol. The van der Waals surface area contributed by atoms with E-state index in [0.29, 0.717) is 6.54 Å². The van der Waals surface area contributed by atoms with E-state index in [9.17, 15) is 24.1 Å². The molecule has 3 rings (SSSR count). The molecule has 0 bridgehead atoms. The summed E-state index contributed by atoms with van der Waals surface area (Å²) in [6.07, 6.45) is 2.85. The fourth-order valence-electron chi connectivity index (χ4n) is 2.49. The van der Waals surface area contributed by atoms with Crippen molar-refractivity contribution >= 4 is 23.2 Å². The molecule has 13 heteroatoms. The van der Waals surface area contributed by atoms with Crippen LogP contribution in [0.2, 0.25) is 0 Å². The summed E-state index contributed by atoms with van der Waals surface area (Å²) >= 11 is 0. The van der Waals surface area contributed by atoms with Crippen LogP contribution in [0.4, 0.5) is 15.8 Å². The minimum absolute atomic E-state index is 0.0213. The first kappa shape index (κ1) is 20.4. The molecule has 2 heterocycles. The number of rotatable bonds is 8. The van der Waals surface area contributed by atoms with E-state index < -0.39 is 28.2 Å². The zero-order chi connectivity index (χ0) is 21.8. The van der Waals surface area contributed by atoms with Gasteiger partial charge in [0, 0.05) is 31.1 Å². The summed E-state index contributed by atoms with van der Waals surface area (Å²) < 4.78 is 21.2. The number of nitrogens with one attached hydrogen (secondary N) is 1. The summed E-state index contributed by atoms with van der Waals surface area (Å²) in [7, 11) is 0. The number of ether oxygens (including phenoxy) is 1. The zero-order valence-corrected chi connectivity index (χ0v) is 15.6. The molecule has 12 nitrogen and oxygen atoms in total. The number of nitrogens with two attached hydrogens (primary N) is 1. The van der Waals surface area contributed by atoms with E-state index in [0.717, 1.165) is 18.2 Å². The number of aromatic nitrogens is 4. The average molecular weight is 417 g/mol. The summed E-state index contributed by atoms with van der Waals surface area (Å²) in [5.74, 6) is -2.41. The van der Waals surface area contributed by atoms with Crippen molar-refractivity contribution in [3.63, 3.8) is 0 Å². The third-order valence-electron chi connectivity index (χ3n) is 3.91. The molecule has 3 N–H and O–H groups in total. The molecule has 0 radical (unpaired) electrons. The number of nitro benzene ring substituents is 1. The highest BCUT2D eigenvalue weighted by Gasteiger charge is 2.19. The molecule has 156 valence electrons. The van der Waals surface area contributed by atoms with Crippen molar-refractivity contribution in [1.82, 2.24) is 19.6 Å². The highest BCUT2D eigenvalue weighted by Crippen LogP contribution is 2.27. The Balaban J connectivity index is 1.71. The average Bonchev–Trinajstić information content (AvgIpc) is 3.33. The third kappa shape index (κ3) is 4.40. The maximum Gasteiger partial charge on any atom is 0.311 e. The maximum atomic E-state index is 13.4. The van der Waals surface area contributed by atoms with E-state index in [1.165, 1.54) is 27.8 Å². The Morgan fingerprint density at radius 2 is 2.07 bits per heavy atom. The molecule has 2 amide bonds. The van der Waals surface area contributed by atoms with Gasteiger partial charge in [0.05, 0.1) is 10.6 Å². The smallest absolute Gasteiger partial charge is 0.311 e. The molecule has 30 heavy (non-hydrogen) atoms. The van der Waals surface area contributed by atoms with Gasteiger partial charge in [-0.3, -0.25) is 24.4 Å². The lowest BCUT2D eigenvalue weighted by Gasteiger charge is -2.07. The van der Waals surface area contributed by atoms with Gasteiger partial charge in [-0.15, -0.1) is 0 Å². The van der Waals surface area contributed by atoms with Crippen molar-refractivity contribution in [2.75, 3.05) is 5.32 Å². The fraction of sp³-hybridized carbons (Fsp3) is 0.176. The topological polar surface area (TPSA) is 160 Å². The van der Waals surface area contributed by atoms with Crippen molar-refractivity contribution in [2.45, 2.75) is 20.2 Å². The largest absolute Gasteiger partial charge is 0.464 e. The quantitative estimate of drug-likeness (QED) is 0.415. The van der Waals surface area contributed by atoms with Gasteiger partial charge in [0.1, 0.15) is 5.82 Å². The molecule has 0 fully saturated rings. The van der Waals surface area contributed by atoms with Gasteiger partial charge < -0.3 is 15.8 Å². The number of nitrogens with zero attached hydrogens (tertiary/aromatic N) is 5. The van der Waals surface area contributed by atoms with Crippen LogP contribution in [0.3, 0.4) is 0 Å². The monoisotopic (exact) mass is 417 g/mol. The van der Waals surface area contributed by atoms with Crippen LogP contribution in [-0.4, -0.2) is 36.3 Å². The summed E-state index contributed by atoms with van der Waals surface area (Å²) in [5, 5.41) is 21.5. The number of primary amides is 1. The number of nitro groups is 1. The number of amides is 2. The zero-order valence-electron chi connectivity index (χ0n) is 15.6. The molecule has 0 aliphatic carbocycles. The third-order valence-corrected chi connectivity index (χ3v) is 3.91. The fourth-order valence-corrected chi connectivity index (χ4v) is 2.49. The molecule has 3 aromatic rings. The lowest BCUT2D eigenvalue weighted by Crippen LogP contribution is -2.18. The second-order valence-corrected chi connectivity index (χ2v) is 5.95. The molecule has 0 aliphatic rings. The Bertz CT molecular complexity index is 1120. The van der Waals surface area contributed by atoms with E-state index in [1.807, 2.05) is 0 Å². The van der Waals surface area contributed by atoms with Gasteiger partial charge in [-0.25, -0.2) is 9.07 Å². The van der Waals surface area contributed by atoms with Gasteiger partial charge in [0.25, 0.3) is 11.8 Å². The van der Waals surface area contributed by atoms with Gasteiger partial charge in [0.2, 0.25) is 5.75 Å². The van der Waals surface area contributed by atoms with Crippen molar-refractivity contribution in [2.24, 2.45) is 5.73 Å². The van der Waals surface area contributed by atoms with Gasteiger partial charge in [0.15, 0.2) is 18.1 Å². The van der Waals surface area contributed by atoms with Gasteiger partial charge in [-0.2, -0.15) is 10.2 Å². The first-order valence-corrected chi connectivity index (χ1v) is 8.57. The van der Waals surface area contributed by atoms with Crippen molar-refractivity contribution in [3.05, 3.63) is 64.0 Å². The summed E-state index contributed by atoms with van der Waals surface area (Å²) in [5.41, 5.74) is 4.88. The minimum Gasteiger partial charge on any atom is -0.464 e. The number of hydrogen-bond donors (Lipinski definition) is 2. The second kappa shape index (κ2) is 8.38. The lowest BCUT2D eigenvalue weighted by molar-refractivity contribution is -0.386. The van der Waals surface area contributed by atoms with Crippen LogP contribution in [0.25, 0.3) is 0 Å². The Labute approximate surface area is 168 Å². The molecule has 0 atom stereocenters. The molecule has 0 spiro atoms. The molecule has 0 unspecified atom stereocenters. The van der Waals surface area contributed by atoms with Crippen LogP contribution in [0.5, 0.6) is 5.75 Å². The van der Waals surface area contributed by atoms with Crippen LogP contribution in [-0.2, 0) is 13.3 Å². The molecule has 2 aromatic heterocycles. The minimum atomic E-state index is -0.798. The van der Waals surface area contributed by atoms with Crippen molar-refractivity contribution < 1.29 is 23.6 Å². The summed E-state index contributed by atoms with van der Waals surface area (Å²) in [6.45, 7) is 1.96. The maximum absolute atomic E-state index is 13.4. The molecule has 1 aromatic carbocycles. The Morgan fingerprint density at radius 1 is 1.30 bits per heavy atom. The summed E-state index contributed by atoms with van der Waals surface area (Å²) in [6, 6.07) is 4.18. The number of carbonyl (C=O) groups excluding carboxylic acids is 2. The van der Waals surface area contributed by atoms with Crippen LogP contribution in [0.1, 0.15) is 27.9 Å². The number of halogens is 1. The van der Waals surface area contributed by atoms with Crippen molar-refractivity contribution in [1.29, 1.82) is 0 Å². The first-order chi connectivity index (χ1) is 14.3. The van der Waals surface area contributed by atoms with Crippen LogP contribution < -0.4 is 15.8 Å². The van der Waals surface area contributed by atoms with E-state index in [2.05, 4.69) is 15.5 Å². The van der Waals surface area contributed by atoms with E-state index >= 15 is 0 Å². The molecule has 0 saturated heterocycles. The highest BCUT2D eigenvalue weighted by atomic mass is 19.1.